The van der Waals surface area contributed by atoms with E-state index in [0.29, 0.717) is 23.0 Å². The fourth-order valence-corrected chi connectivity index (χ4v) is 1.42. The highest BCUT2D eigenvalue weighted by Crippen LogP contribution is 2.27. The molecule has 0 radical (unpaired) electrons. The third kappa shape index (κ3) is 2.21. The summed E-state index contributed by atoms with van der Waals surface area (Å²) >= 11 is 0. The van der Waals surface area contributed by atoms with Gasteiger partial charge in [-0.2, -0.15) is 0 Å². The SMILES string of the molecule is COc1cc(C=O)cc(C=NC2CC2)c1N. The summed E-state index contributed by atoms with van der Waals surface area (Å²) < 4.78 is 5.11. The molecule has 0 bridgehead atoms. The number of nitrogens with two attached hydrogens (primary N) is 1. The van der Waals surface area contributed by atoms with Crippen LogP contribution in [0.25, 0.3) is 0 Å². The van der Waals surface area contributed by atoms with Crippen molar-refractivity contribution in [1.82, 2.24) is 0 Å². The van der Waals surface area contributed by atoms with Crippen molar-refractivity contribution in [2.45, 2.75) is 18.9 Å². The number of benzene rings is 1. The van der Waals surface area contributed by atoms with Crippen molar-refractivity contribution >= 4 is 18.2 Å². The van der Waals surface area contributed by atoms with Gasteiger partial charge in [0.15, 0.2) is 0 Å². The predicted molar refractivity (Wildman–Crippen MR) is 63.4 cm³/mol. The lowest BCUT2D eigenvalue weighted by Crippen LogP contribution is -2.00. The molecular formula is C12H14N2O2. The number of methoxy groups -OCH3 is 1. The van der Waals surface area contributed by atoms with Crippen LogP contribution in [0.15, 0.2) is 17.1 Å². The van der Waals surface area contributed by atoms with E-state index in [2.05, 4.69) is 4.99 Å². The molecule has 4 heteroatoms. The Hall–Kier alpha value is -1.84. The minimum Gasteiger partial charge on any atom is -0.495 e. The summed E-state index contributed by atoms with van der Waals surface area (Å²) in [5.74, 6) is 0.516. The molecule has 4 nitrogen and oxygen atoms in total. The quantitative estimate of drug-likeness (QED) is 0.475. The lowest BCUT2D eigenvalue weighted by atomic mass is 10.1. The first-order valence-electron chi connectivity index (χ1n) is 5.20. The van der Waals surface area contributed by atoms with Gasteiger partial charge in [-0.05, 0) is 25.0 Å². The molecule has 16 heavy (non-hydrogen) atoms. The van der Waals surface area contributed by atoms with Crippen LogP contribution in [-0.2, 0) is 0 Å². The van der Waals surface area contributed by atoms with E-state index in [1.165, 1.54) is 7.11 Å². The molecule has 0 amide bonds. The molecule has 2 N–H and O–H groups in total. The van der Waals surface area contributed by atoms with E-state index in [-0.39, 0.29) is 0 Å². The number of aliphatic imine (C=N–C) groups is 1. The van der Waals surface area contributed by atoms with Gasteiger partial charge in [0.2, 0.25) is 0 Å². The topological polar surface area (TPSA) is 64.7 Å². The van der Waals surface area contributed by atoms with Crippen LogP contribution in [0.2, 0.25) is 0 Å². The van der Waals surface area contributed by atoms with Crippen molar-refractivity contribution in [2.75, 3.05) is 12.8 Å². The van der Waals surface area contributed by atoms with E-state index in [1.54, 1.807) is 18.3 Å². The molecule has 0 aromatic heterocycles. The van der Waals surface area contributed by atoms with Crippen molar-refractivity contribution in [3.8, 4) is 5.75 Å². The van der Waals surface area contributed by atoms with Crippen molar-refractivity contribution in [1.29, 1.82) is 0 Å². The van der Waals surface area contributed by atoms with Crippen LogP contribution >= 0.6 is 0 Å². The molecule has 0 spiro atoms. The number of ether oxygens (including phenoxy) is 1. The zero-order valence-electron chi connectivity index (χ0n) is 9.14. The number of carbonyl (C=O) groups excluding carboxylic acids is 1. The molecule has 1 aromatic rings. The number of nitrogens with zero attached hydrogens (tertiary/aromatic N) is 1. The van der Waals surface area contributed by atoms with Crippen LogP contribution in [0, 0.1) is 0 Å². The van der Waals surface area contributed by atoms with Gasteiger partial charge in [0, 0.05) is 17.3 Å². The molecule has 1 fully saturated rings. The summed E-state index contributed by atoms with van der Waals surface area (Å²) in [5, 5.41) is 0. The molecule has 2 rings (SSSR count). The molecule has 1 aromatic carbocycles. The van der Waals surface area contributed by atoms with Gasteiger partial charge >= 0.3 is 0 Å². The van der Waals surface area contributed by atoms with Crippen LogP contribution in [0.4, 0.5) is 5.69 Å². The number of nitrogen functional groups attached to an aromatic ring is 1. The number of rotatable bonds is 4. The molecule has 0 atom stereocenters. The van der Waals surface area contributed by atoms with Crippen LogP contribution in [-0.4, -0.2) is 25.7 Å². The lowest BCUT2D eigenvalue weighted by Gasteiger charge is -2.08. The van der Waals surface area contributed by atoms with Crippen LogP contribution in [0.5, 0.6) is 5.75 Å². The standard InChI is InChI=1S/C12H14N2O2/c1-16-11-5-8(7-15)4-9(12(11)13)6-14-10-2-3-10/h4-7,10H,2-3,13H2,1H3. The average molecular weight is 218 g/mol. The van der Waals surface area contributed by atoms with E-state index in [1.807, 2.05) is 0 Å². The zero-order valence-corrected chi connectivity index (χ0v) is 9.14. The molecule has 1 saturated carbocycles. The number of hydrogen-bond donors (Lipinski definition) is 1. The summed E-state index contributed by atoms with van der Waals surface area (Å²) in [5.41, 5.74) is 7.71. The van der Waals surface area contributed by atoms with Crippen molar-refractivity contribution in [3.05, 3.63) is 23.3 Å². The maximum absolute atomic E-state index is 10.7. The Bertz CT molecular complexity index is 437. The van der Waals surface area contributed by atoms with E-state index in [4.69, 9.17) is 10.5 Å². The Morgan fingerprint density at radius 3 is 2.81 bits per heavy atom. The maximum Gasteiger partial charge on any atom is 0.150 e. The van der Waals surface area contributed by atoms with E-state index < -0.39 is 0 Å². The molecule has 84 valence electrons. The molecule has 0 saturated heterocycles. The van der Waals surface area contributed by atoms with Gasteiger partial charge in [0.25, 0.3) is 0 Å². The largest absolute Gasteiger partial charge is 0.495 e. The molecular weight excluding hydrogens is 204 g/mol. The minimum absolute atomic E-state index is 0.435. The molecule has 0 unspecified atom stereocenters. The third-order valence-electron chi connectivity index (χ3n) is 2.52. The first-order valence-corrected chi connectivity index (χ1v) is 5.20. The summed E-state index contributed by atoms with van der Waals surface area (Å²) in [6.07, 6.45) is 4.78. The summed E-state index contributed by atoms with van der Waals surface area (Å²) in [6, 6.07) is 3.78. The van der Waals surface area contributed by atoms with E-state index >= 15 is 0 Å². The molecule has 1 aliphatic carbocycles. The van der Waals surface area contributed by atoms with Crippen LogP contribution in [0.3, 0.4) is 0 Å². The smallest absolute Gasteiger partial charge is 0.150 e. The Morgan fingerprint density at radius 2 is 2.25 bits per heavy atom. The summed E-state index contributed by atoms with van der Waals surface area (Å²) in [7, 11) is 1.53. The maximum atomic E-state index is 10.7. The first-order chi connectivity index (χ1) is 7.74. The van der Waals surface area contributed by atoms with Crippen LogP contribution < -0.4 is 10.5 Å². The molecule has 0 aliphatic heterocycles. The zero-order chi connectivity index (χ0) is 11.5. The first kappa shape index (κ1) is 10.7. The Morgan fingerprint density at radius 1 is 1.50 bits per heavy atom. The summed E-state index contributed by atoms with van der Waals surface area (Å²) in [4.78, 5) is 15.1. The second-order valence-corrected chi connectivity index (χ2v) is 3.85. The monoisotopic (exact) mass is 218 g/mol. The Balaban J connectivity index is 2.36. The normalized spacial score (nSPS) is 15.3. The summed E-state index contributed by atoms with van der Waals surface area (Å²) in [6.45, 7) is 0. The Labute approximate surface area is 94.1 Å². The molecule has 1 aliphatic rings. The molecule has 0 heterocycles. The number of anilines is 1. The fraction of sp³-hybridized carbons (Fsp3) is 0.333. The van der Waals surface area contributed by atoms with Gasteiger partial charge in [-0.15, -0.1) is 0 Å². The lowest BCUT2D eigenvalue weighted by molar-refractivity contribution is 0.112. The van der Waals surface area contributed by atoms with Gasteiger partial charge in [-0.1, -0.05) is 0 Å². The fourth-order valence-electron chi connectivity index (χ4n) is 1.42. The van der Waals surface area contributed by atoms with Gasteiger partial charge in [0.05, 0.1) is 18.8 Å². The van der Waals surface area contributed by atoms with Crippen molar-refractivity contribution < 1.29 is 9.53 Å². The highest BCUT2D eigenvalue weighted by Gasteiger charge is 2.19. The second kappa shape index (κ2) is 4.35. The minimum atomic E-state index is 0.435. The van der Waals surface area contributed by atoms with Crippen molar-refractivity contribution in [3.63, 3.8) is 0 Å². The highest BCUT2D eigenvalue weighted by molar-refractivity contribution is 5.92. The Kier molecular flexibility index (Phi) is 2.90. The number of hydrogen-bond acceptors (Lipinski definition) is 4. The van der Waals surface area contributed by atoms with Crippen LogP contribution in [0.1, 0.15) is 28.8 Å². The van der Waals surface area contributed by atoms with Gasteiger partial charge in [-0.3, -0.25) is 9.79 Å². The van der Waals surface area contributed by atoms with Gasteiger partial charge in [-0.25, -0.2) is 0 Å². The second-order valence-electron chi connectivity index (χ2n) is 3.85. The highest BCUT2D eigenvalue weighted by atomic mass is 16.5. The van der Waals surface area contributed by atoms with E-state index in [0.717, 1.165) is 24.7 Å². The van der Waals surface area contributed by atoms with Gasteiger partial charge < -0.3 is 10.5 Å². The number of carbonyl (C=O) groups is 1. The third-order valence-corrected chi connectivity index (χ3v) is 2.52. The van der Waals surface area contributed by atoms with Crippen molar-refractivity contribution in [2.24, 2.45) is 4.99 Å². The van der Waals surface area contributed by atoms with E-state index in [9.17, 15) is 4.79 Å². The average Bonchev–Trinajstić information content (AvgIpc) is 3.11. The predicted octanol–water partition coefficient (Wildman–Crippen LogP) is 1.67. The van der Waals surface area contributed by atoms with Gasteiger partial charge in [0.1, 0.15) is 12.0 Å². The number of aldehydes is 1.